The highest BCUT2D eigenvalue weighted by Crippen LogP contribution is 2.35. The lowest BCUT2D eigenvalue weighted by Crippen LogP contribution is -2.48. The number of nitrogens with one attached hydrogen (secondary N) is 1. The molecule has 1 amide bonds. The first kappa shape index (κ1) is 18.3. The summed E-state index contributed by atoms with van der Waals surface area (Å²) < 4.78 is 0. The van der Waals surface area contributed by atoms with Crippen molar-refractivity contribution in [3.63, 3.8) is 0 Å². The molecule has 2 bridgehead atoms. The van der Waals surface area contributed by atoms with Gasteiger partial charge in [-0.05, 0) is 69.5 Å². The van der Waals surface area contributed by atoms with Gasteiger partial charge in [-0.15, -0.1) is 11.3 Å². The molecular formula is C22H27N3OS. The van der Waals surface area contributed by atoms with Gasteiger partial charge >= 0.3 is 0 Å². The third kappa shape index (κ3) is 3.54. The number of hydrogen-bond donors (Lipinski definition) is 2. The van der Waals surface area contributed by atoms with E-state index in [-0.39, 0.29) is 11.9 Å². The molecular weight excluding hydrogens is 354 g/mol. The molecule has 3 heterocycles. The fourth-order valence-electron chi connectivity index (χ4n) is 4.48. The van der Waals surface area contributed by atoms with E-state index in [0.717, 1.165) is 24.0 Å². The van der Waals surface area contributed by atoms with Crippen LogP contribution in [-0.2, 0) is 4.79 Å². The van der Waals surface area contributed by atoms with Gasteiger partial charge in [0.2, 0.25) is 0 Å². The van der Waals surface area contributed by atoms with Crippen molar-refractivity contribution in [2.45, 2.75) is 50.7 Å². The fourth-order valence-corrected chi connectivity index (χ4v) is 5.35. The number of anilines is 1. The second kappa shape index (κ2) is 7.13. The zero-order valence-electron chi connectivity index (χ0n) is 16.0. The predicted molar refractivity (Wildman–Crippen MR) is 114 cm³/mol. The van der Waals surface area contributed by atoms with E-state index in [2.05, 4.69) is 42.9 Å². The maximum absolute atomic E-state index is 12.9. The number of aryl methyl sites for hydroxylation is 1. The Morgan fingerprint density at radius 1 is 1.22 bits per heavy atom. The van der Waals surface area contributed by atoms with Crippen molar-refractivity contribution >= 4 is 28.5 Å². The van der Waals surface area contributed by atoms with Crippen LogP contribution in [0.4, 0.5) is 5.69 Å². The van der Waals surface area contributed by atoms with E-state index in [1.165, 1.54) is 22.6 Å². The Labute approximate surface area is 165 Å². The number of nitrogens with two attached hydrogens (primary N) is 1. The molecule has 142 valence electrons. The average Bonchev–Trinajstić information content (AvgIpc) is 3.14. The molecule has 4 rings (SSSR count). The van der Waals surface area contributed by atoms with Crippen molar-refractivity contribution in [2.24, 2.45) is 0 Å². The smallest absolute Gasteiger partial charge is 0.251 e. The number of carbonyl (C=O) groups excluding carboxylic acids is 1. The summed E-state index contributed by atoms with van der Waals surface area (Å²) >= 11 is 1.74. The Balaban J connectivity index is 1.49. The summed E-state index contributed by atoms with van der Waals surface area (Å²) in [6.07, 6.45) is 4.53. The van der Waals surface area contributed by atoms with E-state index in [0.29, 0.717) is 23.3 Å². The number of rotatable bonds is 4. The third-order valence-electron chi connectivity index (χ3n) is 6.11. The third-order valence-corrected chi connectivity index (χ3v) is 7.16. The fraction of sp³-hybridized carbons (Fsp3) is 0.409. The molecule has 2 aromatic rings. The normalized spacial score (nSPS) is 24.7. The average molecular weight is 382 g/mol. The zero-order chi connectivity index (χ0) is 19.1. The van der Waals surface area contributed by atoms with Crippen LogP contribution in [0.15, 0.2) is 36.9 Å². The van der Waals surface area contributed by atoms with Crippen LogP contribution in [0.5, 0.6) is 0 Å². The Bertz CT molecular complexity index is 873. The van der Waals surface area contributed by atoms with Crippen LogP contribution >= 0.6 is 11.3 Å². The molecule has 2 fully saturated rings. The van der Waals surface area contributed by atoms with Crippen molar-refractivity contribution in [1.29, 1.82) is 0 Å². The first-order valence-corrected chi connectivity index (χ1v) is 10.4. The maximum Gasteiger partial charge on any atom is 0.251 e. The van der Waals surface area contributed by atoms with Crippen LogP contribution in [-0.4, -0.2) is 36.0 Å². The van der Waals surface area contributed by atoms with E-state index in [9.17, 15) is 4.79 Å². The van der Waals surface area contributed by atoms with Crippen LogP contribution in [0.3, 0.4) is 0 Å². The molecule has 2 atom stereocenters. The van der Waals surface area contributed by atoms with Gasteiger partial charge in [0.15, 0.2) is 0 Å². The Hall–Kier alpha value is -2.11. The van der Waals surface area contributed by atoms with Gasteiger partial charge < -0.3 is 16.0 Å². The summed E-state index contributed by atoms with van der Waals surface area (Å²) in [5.41, 5.74) is 9.02. The molecule has 0 saturated carbocycles. The summed E-state index contributed by atoms with van der Waals surface area (Å²) in [5, 5.41) is 3.21. The van der Waals surface area contributed by atoms with Crippen molar-refractivity contribution in [2.75, 3.05) is 12.8 Å². The number of piperidine rings is 1. The minimum atomic E-state index is -0.102. The second-order valence-electron chi connectivity index (χ2n) is 7.88. The van der Waals surface area contributed by atoms with Gasteiger partial charge in [-0.3, -0.25) is 4.79 Å². The number of carbonyl (C=O) groups is 1. The molecule has 2 aliphatic rings. The Morgan fingerprint density at radius 2 is 1.93 bits per heavy atom. The van der Waals surface area contributed by atoms with Gasteiger partial charge in [0.05, 0.1) is 0 Å². The highest BCUT2D eigenvalue weighted by atomic mass is 32.1. The van der Waals surface area contributed by atoms with Gasteiger partial charge in [-0.1, -0.05) is 12.6 Å². The maximum atomic E-state index is 12.9. The number of nitrogen functional groups attached to an aromatic ring is 1. The van der Waals surface area contributed by atoms with E-state index in [1.54, 1.807) is 11.3 Å². The van der Waals surface area contributed by atoms with Gasteiger partial charge in [0, 0.05) is 44.7 Å². The van der Waals surface area contributed by atoms with E-state index in [4.69, 9.17) is 5.73 Å². The highest BCUT2D eigenvalue weighted by molar-refractivity contribution is 7.15. The Morgan fingerprint density at radius 3 is 2.56 bits per heavy atom. The van der Waals surface area contributed by atoms with Gasteiger partial charge in [0.1, 0.15) is 0 Å². The molecule has 1 aromatic carbocycles. The molecule has 5 heteroatoms. The first-order valence-electron chi connectivity index (χ1n) is 9.61. The lowest BCUT2D eigenvalue weighted by atomic mass is 9.96. The molecule has 3 N–H and O–H groups in total. The standard InChI is InChI=1S/C22H27N3OS/c1-13-4-9-21(27-13)15-5-8-20(23)19(10-15)14(2)22(26)24-16-11-17-6-7-18(12-16)25(17)3/h4-5,8-10,16-18H,2,6-7,11-12,23H2,1,3H3,(H,24,26). The van der Waals surface area contributed by atoms with E-state index < -0.39 is 0 Å². The largest absolute Gasteiger partial charge is 0.398 e. The molecule has 0 spiro atoms. The molecule has 1 aromatic heterocycles. The van der Waals surface area contributed by atoms with Crippen LogP contribution < -0.4 is 11.1 Å². The monoisotopic (exact) mass is 381 g/mol. The van der Waals surface area contributed by atoms with Gasteiger partial charge in [0.25, 0.3) is 5.91 Å². The molecule has 0 aliphatic carbocycles. The first-order chi connectivity index (χ1) is 12.9. The van der Waals surface area contributed by atoms with Crippen LogP contribution in [0.25, 0.3) is 16.0 Å². The summed E-state index contributed by atoms with van der Waals surface area (Å²) in [7, 11) is 2.21. The molecule has 2 aliphatic heterocycles. The number of amides is 1. The molecule has 2 unspecified atom stereocenters. The lowest BCUT2D eigenvalue weighted by molar-refractivity contribution is -0.116. The quantitative estimate of drug-likeness (QED) is 0.620. The zero-order valence-corrected chi connectivity index (χ0v) is 16.8. The highest BCUT2D eigenvalue weighted by Gasteiger charge is 2.38. The second-order valence-corrected chi connectivity index (χ2v) is 9.17. The summed E-state index contributed by atoms with van der Waals surface area (Å²) in [4.78, 5) is 17.8. The van der Waals surface area contributed by atoms with Crippen molar-refractivity contribution < 1.29 is 4.79 Å². The summed E-state index contributed by atoms with van der Waals surface area (Å²) in [6, 6.07) is 11.5. The summed E-state index contributed by atoms with van der Waals surface area (Å²) in [6.45, 7) is 6.15. The topological polar surface area (TPSA) is 58.4 Å². The van der Waals surface area contributed by atoms with E-state index in [1.807, 2.05) is 18.2 Å². The lowest BCUT2D eigenvalue weighted by Gasteiger charge is -2.36. The van der Waals surface area contributed by atoms with Gasteiger partial charge in [-0.2, -0.15) is 0 Å². The molecule has 4 nitrogen and oxygen atoms in total. The van der Waals surface area contributed by atoms with Crippen LogP contribution in [0.1, 0.15) is 36.1 Å². The number of benzene rings is 1. The number of hydrogen-bond acceptors (Lipinski definition) is 4. The van der Waals surface area contributed by atoms with E-state index >= 15 is 0 Å². The van der Waals surface area contributed by atoms with Crippen molar-refractivity contribution in [3.05, 3.63) is 47.4 Å². The number of thiophene rings is 1. The molecule has 27 heavy (non-hydrogen) atoms. The predicted octanol–water partition coefficient (Wildman–Crippen LogP) is 4.06. The Kier molecular flexibility index (Phi) is 4.82. The molecule has 2 saturated heterocycles. The minimum absolute atomic E-state index is 0.102. The molecule has 0 radical (unpaired) electrons. The van der Waals surface area contributed by atoms with Crippen molar-refractivity contribution in [1.82, 2.24) is 10.2 Å². The van der Waals surface area contributed by atoms with Crippen LogP contribution in [0, 0.1) is 6.92 Å². The number of fused-ring (bicyclic) bond motifs is 2. The SMILES string of the molecule is C=C(C(=O)NC1CC2CCC(C1)N2C)c1cc(-c2ccc(C)s2)ccc1N. The number of nitrogens with zero attached hydrogens (tertiary/aromatic N) is 1. The van der Waals surface area contributed by atoms with Gasteiger partial charge in [-0.25, -0.2) is 0 Å². The summed E-state index contributed by atoms with van der Waals surface area (Å²) in [5.74, 6) is -0.102. The minimum Gasteiger partial charge on any atom is -0.398 e. The van der Waals surface area contributed by atoms with Crippen LogP contribution in [0.2, 0.25) is 0 Å². The van der Waals surface area contributed by atoms with Crippen molar-refractivity contribution in [3.8, 4) is 10.4 Å².